The first-order valence-corrected chi connectivity index (χ1v) is 13.7. The number of aromatic hydroxyl groups is 1. The minimum Gasteiger partial charge on any atom is -0.508 e. The van der Waals surface area contributed by atoms with Gasteiger partial charge in [0.15, 0.2) is 0 Å². The van der Waals surface area contributed by atoms with Crippen LogP contribution in [0, 0.1) is 11.8 Å². The average Bonchev–Trinajstić information content (AvgIpc) is 2.88. The van der Waals surface area contributed by atoms with Crippen molar-refractivity contribution in [3.63, 3.8) is 0 Å². The summed E-state index contributed by atoms with van der Waals surface area (Å²) < 4.78 is 0. The molecule has 0 unspecified atom stereocenters. The van der Waals surface area contributed by atoms with Gasteiger partial charge in [0, 0.05) is 6.42 Å². The molecule has 0 aliphatic rings. The van der Waals surface area contributed by atoms with E-state index in [1.54, 1.807) is 26.0 Å². The molecule has 0 aromatic heterocycles. The lowest BCUT2D eigenvalue weighted by atomic mass is 9.97. The zero-order valence-corrected chi connectivity index (χ0v) is 24.3. The van der Waals surface area contributed by atoms with Gasteiger partial charge in [0.1, 0.15) is 17.8 Å². The lowest BCUT2D eigenvalue weighted by Crippen LogP contribution is -2.54. The third kappa shape index (κ3) is 11.9. The van der Waals surface area contributed by atoms with E-state index in [1.807, 2.05) is 13.8 Å². The summed E-state index contributed by atoms with van der Waals surface area (Å²) in [7, 11) is 0. The average molecular weight is 566 g/mol. The number of hydrogen-bond acceptors (Lipinski definition) is 8. The molecule has 0 spiro atoms. The van der Waals surface area contributed by atoms with E-state index < -0.39 is 59.9 Å². The maximum absolute atomic E-state index is 12.8. The van der Waals surface area contributed by atoms with Crippen LogP contribution in [-0.4, -0.2) is 81.9 Å². The van der Waals surface area contributed by atoms with Crippen molar-refractivity contribution in [2.45, 2.75) is 97.1 Å². The molecule has 0 radical (unpaired) electrons. The fourth-order valence-electron chi connectivity index (χ4n) is 3.84. The van der Waals surface area contributed by atoms with Crippen LogP contribution in [0.4, 0.5) is 0 Å². The molecule has 0 aliphatic heterocycles. The molecule has 226 valence electrons. The molecule has 40 heavy (non-hydrogen) atoms. The number of aliphatic hydroxyl groups excluding tert-OH is 2. The largest absolute Gasteiger partial charge is 0.508 e. The minimum atomic E-state index is -1.15. The Balaban J connectivity index is 2.90. The van der Waals surface area contributed by atoms with Crippen LogP contribution in [0.2, 0.25) is 0 Å². The van der Waals surface area contributed by atoms with Gasteiger partial charge in [-0.25, -0.2) is 0 Å². The normalized spacial score (nSPS) is 15.9. The maximum atomic E-state index is 12.8. The van der Waals surface area contributed by atoms with Crippen molar-refractivity contribution >= 4 is 23.6 Å². The SMILES string of the molecule is CC(C)[C@H](NC(=O)CC[C@H](O)[C@H](Cc1ccc(O)cc1)NC(=O)[C@H](C)NC(=O)[C@H](C)N)C(=O)N[C@H](CO)C(C)C. The fourth-order valence-corrected chi connectivity index (χ4v) is 3.84. The molecule has 12 nitrogen and oxygen atoms in total. The molecule has 6 atom stereocenters. The number of carbonyl (C=O) groups excluding carboxylic acids is 4. The number of hydrogen-bond donors (Lipinski definition) is 8. The van der Waals surface area contributed by atoms with E-state index in [0.29, 0.717) is 0 Å². The van der Waals surface area contributed by atoms with E-state index in [-0.39, 0.29) is 43.5 Å². The first-order chi connectivity index (χ1) is 18.7. The summed E-state index contributed by atoms with van der Waals surface area (Å²) in [5.41, 5.74) is 6.27. The van der Waals surface area contributed by atoms with Crippen molar-refractivity contribution in [1.29, 1.82) is 0 Å². The third-order valence-electron chi connectivity index (χ3n) is 6.61. The lowest BCUT2D eigenvalue weighted by molar-refractivity contribution is -0.131. The summed E-state index contributed by atoms with van der Waals surface area (Å²) in [5.74, 6) is -2.06. The molecule has 0 saturated carbocycles. The Bertz CT molecular complexity index is 968. The fraction of sp³-hybridized carbons (Fsp3) is 0.643. The van der Waals surface area contributed by atoms with Gasteiger partial charge in [0.25, 0.3) is 0 Å². The summed E-state index contributed by atoms with van der Waals surface area (Å²) in [4.78, 5) is 50.2. The first kappa shape index (κ1) is 34.8. The molecule has 0 fully saturated rings. The highest BCUT2D eigenvalue weighted by Crippen LogP contribution is 2.15. The van der Waals surface area contributed by atoms with Gasteiger partial charge >= 0.3 is 0 Å². The van der Waals surface area contributed by atoms with Crippen LogP contribution in [0.15, 0.2) is 24.3 Å². The van der Waals surface area contributed by atoms with Crippen molar-refractivity contribution in [1.82, 2.24) is 21.3 Å². The number of carbonyl (C=O) groups is 4. The van der Waals surface area contributed by atoms with E-state index in [2.05, 4.69) is 21.3 Å². The van der Waals surface area contributed by atoms with Crippen molar-refractivity contribution in [3.05, 3.63) is 29.8 Å². The second-order valence-corrected chi connectivity index (χ2v) is 10.9. The number of rotatable bonds is 16. The van der Waals surface area contributed by atoms with Crippen LogP contribution in [0.5, 0.6) is 5.75 Å². The number of aliphatic hydroxyl groups is 2. The number of amides is 4. The van der Waals surface area contributed by atoms with Crippen molar-refractivity contribution in [3.8, 4) is 5.75 Å². The highest BCUT2D eigenvalue weighted by Gasteiger charge is 2.29. The summed E-state index contributed by atoms with van der Waals surface area (Å²) in [6.45, 7) is 10.1. The zero-order valence-electron chi connectivity index (χ0n) is 24.3. The molecule has 0 heterocycles. The molecule has 1 aromatic carbocycles. The Morgan fingerprint density at radius 1 is 0.800 bits per heavy atom. The summed E-state index contributed by atoms with van der Waals surface area (Å²) in [6.07, 6.45) is -1.10. The van der Waals surface area contributed by atoms with Crippen molar-refractivity contribution < 1.29 is 34.5 Å². The molecule has 0 aliphatic carbocycles. The monoisotopic (exact) mass is 565 g/mol. The second-order valence-electron chi connectivity index (χ2n) is 10.9. The van der Waals surface area contributed by atoms with E-state index in [9.17, 15) is 34.5 Å². The van der Waals surface area contributed by atoms with Crippen LogP contribution in [-0.2, 0) is 25.6 Å². The number of phenolic OH excluding ortho intramolecular Hbond substituents is 1. The van der Waals surface area contributed by atoms with Crippen LogP contribution in [0.3, 0.4) is 0 Å². The van der Waals surface area contributed by atoms with E-state index in [0.717, 1.165) is 5.56 Å². The highest BCUT2D eigenvalue weighted by atomic mass is 16.3. The van der Waals surface area contributed by atoms with E-state index in [4.69, 9.17) is 5.73 Å². The van der Waals surface area contributed by atoms with Gasteiger partial charge in [-0.2, -0.15) is 0 Å². The number of benzene rings is 1. The predicted molar refractivity (Wildman–Crippen MR) is 151 cm³/mol. The van der Waals surface area contributed by atoms with Crippen LogP contribution < -0.4 is 27.0 Å². The molecule has 0 saturated heterocycles. The van der Waals surface area contributed by atoms with Crippen molar-refractivity contribution in [2.75, 3.05) is 6.61 Å². The molecule has 1 rings (SSSR count). The van der Waals surface area contributed by atoms with Gasteiger partial charge in [-0.1, -0.05) is 39.8 Å². The lowest BCUT2D eigenvalue weighted by Gasteiger charge is -2.28. The molecular formula is C28H47N5O7. The highest BCUT2D eigenvalue weighted by molar-refractivity contribution is 5.89. The number of nitrogens with two attached hydrogens (primary N) is 1. The Labute approximate surface area is 236 Å². The van der Waals surface area contributed by atoms with Gasteiger partial charge in [0.05, 0.1) is 30.8 Å². The topological polar surface area (TPSA) is 203 Å². The Morgan fingerprint density at radius 2 is 1.38 bits per heavy atom. The van der Waals surface area contributed by atoms with Gasteiger partial charge in [-0.3, -0.25) is 19.2 Å². The number of phenols is 1. The molecule has 9 N–H and O–H groups in total. The smallest absolute Gasteiger partial charge is 0.243 e. The Kier molecular flexibility index (Phi) is 14.6. The number of nitrogens with one attached hydrogen (secondary N) is 4. The Hall–Kier alpha value is -3.22. The van der Waals surface area contributed by atoms with E-state index >= 15 is 0 Å². The molecule has 0 bridgehead atoms. The van der Waals surface area contributed by atoms with Crippen LogP contribution in [0.25, 0.3) is 0 Å². The Morgan fingerprint density at radius 3 is 1.88 bits per heavy atom. The van der Waals surface area contributed by atoms with Gasteiger partial charge in [-0.15, -0.1) is 0 Å². The quantitative estimate of drug-likeness (QED) is 0.133. The molecule has 12 heteroatoms. The molecule has 4 amide bonds. The maximum Gasteiger partial charge on any atom is 0.243 e. The first-order valence-electron chi connectivity index (χ1n) is 13.7. The van der Waals surface area contributed by atoms with Crippen molar-refractivity contribution in [2.24, 2.45) is 17.6 Å². The second kappa shape index (κ2) is 16.8. The molecule has 1 aromatic rings. The van der Waals surface area contributed by atoms with E-state index in [1.165, 1.54) is 26.0 Å². The van der Waals surface area contributed by atoms with Gasteiger partial charge in [0.2, 0.25) is 23.6 Å². The molecular weight excluding hydrogens is 518 g/mol. The predicted octanol–water partition coefficient (Wildman–Crippen LogP) is -0.314. The minimum absolute atomic E-state index is 0.00285. The van der Waals surface area contributed by atoms with Gasteiger partial charge in [-0.05, 0) is 56.2 Å². The van der Waals surface area contributed by atoms with Crippen LogP contribution >= 0.6 is 0 Å². The summed E-state index contributed by atoms with van der Waals surface area (Å²) in [5, 5.41) is 40.8. The summed E-state index contributed by atoms with van der Waals surface area (Å²) >= 11 is 0. The standard InChI is InChI=1S/C28H47N5O7/c1-15(2)22(14-34)32-28(40)25(16(3)4)33-24(37)12-11-23(36)21(13-19-7-9-20(35)10-8-19)31-27(39)18(6)30-26(38)17(5)29/h7-10,15-18,21-23,25,34-36H,11-14,29H2,1-6H3,(H,30,38)(H,31,39)(H,32,40)(H,33,37)/t17-,18-,21-,22+,23-,25-/m0/s1. The zero-order chi connectivity index (χ0) is 30.6. The van der Waals surface area contributed by atoms with Crippen LogP contribution in [0.1, 0.15) is 59.9 Å². The third-order valence-corrected chi connectivity index (χ3v) is 6.61. The van der Waals surface area contributed by atoms with Gasteiger partial charge < -0.3 is 42.3 Å². The summed E-state index contributed by atoms with van der Waals surface area (Å²) in [6, 6.07) is 2.44.